The number of imide groups is 1. The highest BCUT2D eigenvalue weighted by Crippen LogP contribution is 2.45. The van der Waals surface area contributed by atoms with E-state index in [0.29, 0.717) is 29.8 Å². The van der Waals surface area contributed by atoms with E-state index in [1.165, 1.54) is 4.90 Å². The van der Waals surface area contributed by atoms with Crippen LogP contribution in [0.25, 0.3) is 0 Å². The predicted octanol–water partition coefficient (Wildman–Crippen LogP) is 4.69. The van der Waals surface area contributed by atoms with Gasteiger partial charge in [-0.15, -0.1) is 0 Å². The van der Waals surface area contributed by atoms with E-state index in [0.717, 1.165) is 11.3 Å². The summed E-state index contributed by atoms with van der Waals surface area (Å²) in [6, 6.07) is 12.5. The molecule has 0 spiro atoms. The minimum atomic E-state index is -0.573. The molecule has 3 fully saturated rings. The van der Waals surface area contributed by atoms with Crippen molar-refractivity contribution in [2.45, 2.75) is 42.8 Å². The van der Waals surface area contributed by atoms with E-state index < -0.39 is 11.9 Å². The summed E-state index contributed by atoms with van der Waals surface area (Å²) in [6.45, 7) is 3.98. The van der Waals surface area contributed by atoms with Gasteiger partial charge in [-0.3, -0.25) is 19.2 Å². The summed E-state index contributed by atoms with van der Waals surface area (Å²) in [6.07, 6.45) is 1.30. The first kappa shape index (κ1) is 25.1. The first-order valence-electron chi connectivity index (χ1n) is 12.0. The highest BCUT2D eigenvalue weighted by atomic mass is 79.9. The summed E-state index contributed by atoms with van der Waals surface area (Å²) >= 11 is 7.22. The number of ether oxygens (including phenoxy) is 1. The van der Waals surface area contributed by atoms with Crippen molar-refractivity contribution in [3.8, 4) is 5.75 Å². The van der Waals surface area contributed by atoms with E-state index in [1.54, 1.807) is 30.0 Å². The highest BCUT2D eigenvalue weighted by Gasteiger charge is 2.52. The molecule has 5 atom stereocenters. The molecule has 7 nitrogen and oxygen atoms in total. The normalized spacial score (nSPS) is 28.0. The molecule has 36 heavy (non-hydrogen) atoms. The molecule has 0 bridgehead atoms. The highest BCUT2D eigenvalue weighted by molar-refractivity contribution is 9.12. The second-order valence-electron chi connectivity index (χ2n) is 9.79. The van der Waals surface area contributed by atoms with Crippen molar-refractivity contribution >= 4 is 66.9 Å². The lowest BCUT2D eigenvalue weighted by atomic mass is 9.81. The van der Waals surface area contributed by atoms with Crippen LogP contribution in [0.4, 0.5) is 11.4 Å². The molecule has 3 aliphatic rings. The number of carbonyl (C=O) groups is 4. The smallest absolute Gasteiger partial charge is 0.316 e. The number of benzene rings is 2. The number of esters is 1. The predicted molar refractivity (Wildman–Crippen MR) is 143 cm³/mol. The number of anilines is 2. The molecule has 2 aromatic carbocycles. The zero-order chi connectivity index (χ0) is 25.7. The van der Waals surface area contributed by atoms with Crippen molar-refractivity contribution in [1.29, 1.82) is 0 Å². The first-order valence-corrected chi connectivity index (χ1v) is 13.8. The van der Waals surface area contributed by atoms with E-state index in [-0.39, 0.29) is 52.2 Å². The number of carbonyl (C=O) groups excluding carboxylic acids is 4. The minimum Gasteiger partial charge on any atom is -0.426 e. The van der Waals surface area contributed by atoms with Gasteiger partial charge in [0.05, 0.1) is 23.4 Å². The molecule has 0 N–H and O–H groups in total. The summed E-state index contributed by atoms with van der Waals surface area (Å²) in [5, 5.41) is 0. The Morgan fingerprint density at radius 3 is 2.14 bits per heavy atom. The van der Waals surface area contributed by atoms with Crippen molar-refractivity contribution in [2.75, 3.05) is 16.3 Å². The molecule has 1 aliphatic carbocycles. The number of para-hydroxylation sites is 1. The molecule has 1 saturated carbocycles. The van der Waals surface area contributed by atoms with Crippen molar-refractivity contribution in [2.24, 2.45) is 17.8 Å². The van der Waals surface area contributed by atoms with E-state index >= 15 is 0 Å². The Morgan fingerprint density at radius 1 is 0.889 bits per heavy atom. The number of amides is 3. The standard InChI is InChI=1S/C27H26Br2N2O5/c1-14-5-3-4-6-22(14)30-13-16(10-24(30)32)27(35)36-17-7-8-23(15(2)9-17)31-25(33)18-11-20(28)21(29)12-19(18)26(31)34/h3-9,16,18-21H,10-13H2,1-2H3/t16-,18-,19+,20+,21-/m1/s1. The topological polar surface area (TPSA) is 84.0 Å². The van der Waals surface area contributed by atoms with E-state index in [9.17, 15) is 19.2 Å². The van der Waals surface area contributed by atoms with E-state index in [1.807, 2.05) is 31.2 Å². The summed E-state index contributed by atoms with van der Waals surface area (Å²) in [7, 11) is 0. The van der Waals surface area contributed by atoms with Gasteiger partial charge in [-0.1, -0.05) is 50.1 Å². The number of fused-ring (bicyclic) bond motifs is 1. The largest absolute Gasteiger partial charge is 0.426 e. The van der Waals surface area contributed by atoms with Crippen molar-refractivity contribution in [3.63, 3.8) is 0 Å². The summed E-state index contributed by atoms with van der Waals surface area (Å²) < 4.78 is 5.62. The fraction of sp³-hybridized carbons (Fsp3) is 0.407. The summed E-state index contributed by atoms with van der Waals surface area (Å²) in [5.41, 5.74) is 2.94. The molecule has 5 rings (SSSR count). The molecule has 2 aliphatic heterocycles. The van der Waals surface area contributed by atoms with Gasteiger partial charge < -0.3 is 9.64 Å². The van der Waals surface area contributed by atoms with Crippen LogP contribution in [0, 0.1) is 31.6 Å². The number of rotatable bonds is 4. The second-order valence-corrected chi connectivity index (χ2v) is 12.1. The number of hydrogen-bond donors (Lipinski definition) is 0. The third kappa shape index (κ3) is 4.41. The lowest BCUT2D eigenvalue weighted by Gasteiger charge is -2.29. The van der Waals surface area contributed by atoms with Gasteiger partial charge >= 0.3 is 5.97 Å². The SMILES string of the molecule is Cc1ccccc1N1C[C@H](C(=O)Oc2ccc(N3C(=O)[C@H]4C[C@@H](Br)[C@@H](Br)C[C@H]4C3=O)c(C)c2)CC1=O. The van der Waals surface area contributed by atoms with Crippen molar-refractivity contribution < 1.29 is 23.9 Å². The summed E-state index contributed by atoms with van der Waals surface area (Å²) in [4.78, 5) is 55.0. The molecule has 0 radical (unpaired) electrons. The van der Waals surface area contributed by atoms with Crippen molar-refractivity contribution in [1.82, 2.24) is 0 Å². The lowest BCUT2D eigenvalue weighted by Crippen LogP contribution is -2.34. The van der Waals surface area contributed by atoms with Crippen LogP contribution >= 0.6 is 31.9 Å². The molecule has 0 aromatic heterocycles. The van der Waals surface area contributed by atoms with Crippen LogP contribution in [-0.2, 0) is 19.2 Å². The Kier molecular flexibility index (Phi) is 6.80. The Bertz CT molecular complexity index is 1240. The first-order chi connectivity index (χ1) is 17.2. The molecular formula is C27H26Br2N2O5. The van der Waals surface area contributed by atoms with Gasteiger partial charge in [0.25, 0.3) is 0 Å². The number of alkyl halides is 2. The van der Waals surface area contributed by atoms with Gasteiger partial charge in [0.1, 0.15) is 5.75 Å². The number of nitrogens with zero attached hydrogens (tertiary/aromatic N) is 2. The third-order valence-corrected chi connectivity index (χ3v) is 10.1. The fourth-order valence-electron chi connectivity index (χ4n) is 5.44. The van der Waals surface area contributed by atoms with Crippen LogP contribution in [0.2, 0.25) is 0 Å². The van der Waals surface area contributed by atoms with Gasteiger partial charge in [-0.05, 0) is 62.1 Å². The van der Waals surface area contributed by atoms with Crippen LogP contribution in [0.5, 0.6) is 5.75 Å². The molecule has 2 aromatic rings. The molecule has 0 unspecified atom stereocenters. The van der Waals surface area contributed by atoms with E-state index in [4.69, 9.17) is 4.74 Å². The maximum absolute atomic E-state index is 13.1. The number of hydrogen-bond acceptors (Lipinski definition) is 5. The monoisotopic (exact) mass is 616 g/mol. The van der Waals surface area contributed by atoms with E-state index in [2.05, 4.69) is 31.9 Å². The molecule has 188 valence electrons. The Balaban J connectivity index is 1.29. The molecule has 9 heteroatoms. The quantitative estimate of drug-likeness (QED) is 0.215. The van der Waals surface area contributed by atoms with Crippen LogP contribution in [0.1, 0.15) is 30.4 Å². The molecular weight excluding hydrogens is 592 g/mol. The Morgan fingerprint density at radius 2 is 1.53 bits per heavy atom. The molecule has 3 amide bonds. The van der Waals surface area contributed by atoms with Gasteiger partial charge in [-0.25, -0.2) is 4.90 Å². The zero-order valence-corrected chi connectivity index (χ0v) is 23.1. The fourth-order valence-corrected chi connectivity index (χ4v) is 6.68. The van der Waals surface area contributed by atoms with Crippen LogP contribution < -0.4 is 14.5 Å². The van der Waals surface area contributed by atoms with Gasteiger partial charge in [0.2, 0.25) is 17.7 Å². The second kappa shape index (κ2) is 9.74. The molecule has 2 saturated heterocycles. The van der Waals surface area contributed by atoms with Gasteiger partial charge in [0.15, 0.2) is 0 Å². The maximum Gasteiger partial charge on any atom is 0.316 e. The van der Waals surface area contributed by atoms with Crippen LogP contribution in [0.3, 0.4) is 0 Å². The average molecular weight is 618 g/mol. The lowest BCUT2D eigenvalue weighted by molar-refractivity contribution is -0.139. The maximum atomic E-state index is 13.1. The zero-order valence-electron chi connectivity index (χ0n) is 19.9. The third-order valence-electron chi connectivity index (χ3n) is 7.40. The van der Waals surface area contributed by atoms with Gasteiger partial charge in [-0.2, -0.15) is 0 Å². The van der Waals surface area contributed by atoms with Crippen LogP contribution in [0.15, 0.2) is 42.5 Å². The molecule has 2 heterocycles. The summed E-state index contributed by atoms with van der Waals surface area (Å²) in [5.74, 6) is -1.85. The Labute approximate surface area is 226 Å². The van der Waals surface area contributed by atoms with Gasteiger partial charge in [0, 0.05) is 28.3 Å². The number of halogens is 2. The minimum absolute atomic E-state index is 0.0902. The average Bonchev–Trinajstić information content (AvgIpc) is 3.33. The van der Waals surface area contributed by atoms with Crippen molar-refractivity contribution in [3.05, 3.63) is 53.6 Å². The number of aryl methyl sites for hydroxylation is 2. The van der Waals surface area contributed by atoms with Crippen LogP contribution in [-0.4, -0.2) is 39.9 Å². The Hall–Kier alpha value is -2.52.